The van der Waals surface area contributed by atoms with E-state index in [2.05, 4.69) is 15.5 Å². The molecule has 7 nitrogen and oxygen atoms in total. The summed E-state index contributed by atoms with van der Waals surface area (Å²) in [5.41, 5.74) is 1.14. The number of carbonyl (C=O) groups excluding carboxylic acids is 1. The lowest BCUT2D eigenvalue weighted by Crippen LogP contribution is -2.26. The van der Waals surface area contributed by atoms with Gasteiger partial charge in [0.25, 0.3) is 5.91 Å². The van der Waals surface area contributed by atoms with Crippen LogP contribution >= 0.6 is 0 Å². The number of hydrogen-bond acceptors (Lipinski definition) is 5. The number of benzene rings is 1. The summed E-state index contributed by atoms with van der Waals surface area (Å²) >= 11 is 0. The molecule has 0 unspecified atom stereocenters. The van der Waals surface area contributed by atoms with Crippen LogP contribution in [-0.2, 0) is 6.61 Å². The Hall–Kier alpha value is -2.41. The van der Waals surface area contributed by atoms with E-state index < -0.39 is 0 Å². The van der Waals surface area contributed by atoms with Crippen LogP contribution in [0.5, 0.6) is 5.75 Å². The number of aliphatic hydroxyl groups is 1. The van der Waals surface area contributed by atoms with Crippen molar-refractivity contribution < 1.29 is 14.6 Å². The predicted octanol–water partition coefficient (Wildman–Crippen LogP) is 1.05. The van der Waals surface area contributed by atoms with Crippen LogP contribution in [0.4, 0.5) is 0 Å². The molecule has 0 bridgehead atoms. The van der Waals surface area contributed by atoms with Crippen LogP contribution in [0.2, 0.25) is 0 Å². The molecule has 0 aliphatic heterocycles. The maximum atomic E-state index is 12.1. The molecule has 1 amide bonds. The van der Waals surface area contributed by atoms with E-state index in [1.165, 1.54) is 4.80 Å². The maximum Gasteiger partial charge on any atom is 0.274 e. The molecule has 116 valence electrons. The summed E-state index contributed by atoms with van der Waals surface area (Å²) in [6, 6.07) is 7.45. The second-order valence-electron chi connectivity index (χ2n) is 5.12. The summed E-state index contributed by atoms with van der Waals surface area (Å²) in [7, 11) is 0. The Kier molecular flexibility index (Phi) is 4.06. The van der Waals surface area contributed by atoms with Gasteiger partial charge < -0.3 is 15.2 Å². The summed E-state index contributed by atoms with van der Waals surface area (Å²) in [5.74, 6) is 0.469. The van der Waals surface area contributed by atoms with E-state index in [1.54, 1.807) is 12.1 Å². The topological polar surface area (TPSA) is 89.3 Å². The third-order valence-corrected chi connectivity index (χ3v) is 3.34. The highest BCUT2D eigenvalue weighted by molar-refractivity contribution is 5.93. The van der Waals surface area contributed by atoms with Crippen molar-refractivity contribution in [2.24, 2.45) is 0 Å². The molecule has 0 saturated heterocycles. The van der Waals surface area contributed by atoms with E-state index >= 15 is 0 Å². The first-order chi connectivity index (χ1) is 10.7. The minimum absolute atomic E-state index is 0.170. The zero-order valence-corrected chi connectivity index (χ0v) is 12.3. The van der Waals surface area contributed by atoms with E-state index in [0.717, 1.165) is 18.6 Å². The molecule has 0 atom stereocenters. The van der Waals surface area contributed by atoms with E-state index in [1.807, 2.05) is 19.1 Å². The number of amides is 1. The number of ether oxygens (including phenoxy) is 1. The number of hydrogen-bond donors (Lipinski definition) is 2. The highest BCUT2D eigenvalue weighted by atomic mass is 16.5. The Morgan fingerprint density at radius 3 is 2.68 bits per heavy atom. The number of carbonyl (C=O) groups is 1. The Morgan fingerprint density at radius 2 is 2.09 bits per heavy atom. The largest absolute Gasteiger partial charge is 0.494 e. The van der Waals surface area contributed by atoms with Gasteiger partial charge in [0.05, 0.1) is 18.9 Å². The average Bonchev–Trinajstić information content (AvgIpc) is 3.23. The van der Waals surface area contributed by atoms with Crippen LogP contribution in [0, 0.1) is 0 Å². The minimum Gasteiger partial charge on any atom is -0.494 e. The van der Waals surface area contributed by atoms with Crippen molar-refractivity contribution >= 4 is 5.91 Å². The Bertz CT molecular complexity index is 662. The number of nitrogens with zero attached hydrogens (tertiary/aromatic N) is 3. The molecule has 0 spiro atoms. The van der Waals surface area contributed by atoms with Crippen LogP contribution < -0.4 is 10.1 Å². The van der Waals surface area contributed by atoms with Crippen molar-refractivity contribution in [3.8, 4) is 11.4 Å². The van der Waals surface area contributed by atoms with Gasteiger partial charge in [-0.2, -0.15) is 4.80 Å². The molecule has 1 aromatic carbocycles. The minimum atomic E-state index is -0.329. The lowest BCUT2D eigenvalue weighted by atomic mass is 10.3. The fourth-order valence-corrected chi connectivity index (χ4v) is 2.06. The SMILES string of the molecule is CCOc1ccc(-n2nc(CO)c(C(=O)NC3CC3)n2)cc1. The van der Waals surface area contributed by atoms with Crippen LogP contribution in [0.25, 0.3) is 5.69 Å². The van der Waals surface area contributed by atoms with Gasteiger partial charge in [0.2, 0.25) is 0 Å². The molecule has 1 aromatic heterocycles. The van der Waals surface area contributed by atoms with Gasteiger partial charge in [0.15, 0.2) is 5.69 Å². The number of nitrogens with one attached hydrogen (secondary N) is 1. The van der Waals surface area contributed by atoms with Gasteiger partial charge in [-0.15, -0.1) is 10.2 Å². The zero-order valence-electron chi connectivity index (χ0n) is 12.3. The molecule has 7 heteroatoms. The molecule has 22 heavy (non-hydrogen) atoms. The van der Waals surface area contributed by atoms with Gasteiger partial charge >= 0.3 is 0 Å². The van der Waals surface area contributed by atoms with Crippen LogP contribution in [0.3, 0.4) is 0 Å². The molecular formula is C15H18N4O3. The lowest BCUT2D eigenvalue weighted by Gasteiger charge is -2.04. The third-order valence-electron chi connectivity index (χ3n) is 3.34. The fraction of sp³-hybridized carbons (Fsp3) is 0.400. The van der Waals surface area contributed by atoms with Crippen LogP contribution in [0.15, 0.2) is 24.3 Å². The van der Waals surface area contributed by atoms with Crippen molar-refractivity contribution in [2.75, 3.05) is 6.61 Å². The lowest BCUT2D eigenvalue weighted by molar-refractivity contribution is 0.0942. The number of aliphatic hydroxyl groups excluding tert-OH is 1. The highest BCUT2D eigenvalue weighted by Crippen LogP contribution is 2.20. The number of rotatable bonds is 6. The van der Waals surface area contributed by atoms with Crippen molar-refractivity contribution in [1.82, 2.24) is 20.3 Å². The number of aromatic nitrogens is 3. The van der Waals surface area contributed by atoms with Gasteiger partial charge in [-0.05, 0) is 44.0 Å². The standard InChI is InChI=1S/C15H18N4O3/c1-2-22-12-7-5-11(6-8-12)19-17-13(9-20)14(18-19)15(21)16-10-3-4-10/h5-8,10,20H,2-4,9H2,1H3,(H,16,21). The normalized spacial score (nSPS) is 13.9. The molecule has 1 heterocycles. The zero-order chi connectivity index (χ0) is 15.5. The molecule has 2 N–H and O–H groups in total. The fourth-order valence-electron chi connectivity index (χ4n) is 2.06. The Labute approximate surface area is 127 Å². The molecule has 1 aliphatic carbocycles. The van der Waals surface area contributed by atoms with E-state index in [4.69, 9.17) is 4.74 Å². The van der Waals surface area contributed by atoms with E-state index in [0.29, 0.717) is 12.3 Å². The van der Waals surface area contributed by atoms with Crippen LogP contribution in [-0.4, -0.2) is 38.7 Å². The van der Waals surface area contributed by atoms with E-state index in [-0.39, 0.29) is 29.9 Å². The van der Waals surface area contributed by atoms with Crippen molar-refractivity contribution in [2.45, 2.75) is 32.4 Å². The smallest absolute Gasteiger partial charge is 0.274 e. The van der Waals surface area contributed by atoms with Gasteiger partial charge in [-0.3, -0.25) is 4.79 Å². The molecule has 0 radical (unpaired) electrons. The van der Waals surface area contributed by atoms with E-state index in [9.17, 15) is 9.90 Å². The summed E-state index contributed by atoms with van der Waals surface area (Å²) in [6.45, 7) is 2.19. The molecule has 2 aromatic rings. The average molecular weight is 302 g/mol. The Morgan fingerprint density at radius 1 is 1.36 bits per heavy atom. The van der Waals surface area contributed by atoms with Gasteiger partial charge in [-0.25, -0.2) is 0 Å². The van der Waals surface area contributed by atoms with Gasteiger partial charge in [-0.1, -0.05) is 0 Å². The highest BCUT2D eigenvalue weighted by Gasteiger charge is 2.27. The van der Waals surface area contributed by atoms with Crippen LogP contribution in [0.1, 0.15) is 35.9 Å². The molecule has 1 fully saturated rings. The summed E-state index contributed by atoms with van der Waals surface area (Å²) in [4.78, 5) is 13.5. The molecule has 1 aliphatic rings. The Balaban J connectivity index is 1.84. The summed E-state index contributed by atoms with van der Waals surface area (Å²) in [5, 5.41) is 20.6. The second kappa shape index (κ2) is 6.15. The van der Waals surface area contributed by atoms with Gasteiger partial charge in [0, 0.05) is 6.04 Å². The maximum absolute atomic E-state index is 12.1. The third kappa shape index (κ3) is 3.09. The first-order valence-corrected chi connectivity index (χ1v) is 7.32. The predicted molar refractivity (Wildman–Crippen MR) is 78.9 cm³/mol. The first-order valence-electron chi connectivity index (χ1n) is 7.32. The van der Waals surface area contributed by atoms with Crippen molar-refractivity contribution in [1.29, 1.82) is 0 Å². The summed E-state index contributed by atoms with van der Waals surface area (Å²) in [6.07, 6.45) is 1.99. The first kappa shape index (κ1) is 14.5. The summed E-state index contributed by atoms with van der Waals surface area (Å²) < 4.78 is 5.38. The monoisotopic (exact) mass is 302 g/mol. The quantitative estimate of drug-likeness (QED) is 0.832. The molecule has 1 saturated carbocycles. The van der Waals surface area contributed by atoms with Crippen molar-refractivity contribution in [3.05, 3.63) is 35.7 Å². The molecule has 3 rings (SSSR count). The molecular weight excluding hydrogens is 284 g/mol. The second-order valence-corrected chi connectivity index (χ2v) is 5.12. The van der Waals surface area contributed by atoms with Crippen molar-refractivity contribution in [3.63, 3.8) is 0 Å². The van der Waals surface area contributed by atoms with Gasteiger partial charge in [0.1, 0.15) is 11.4 Å².